The van der Waals surface area contributed by atoms with E-state index < -0.39 is 5.41 Å². The van der Waals surface area contributed by atoms with Crippen LogP contribution in [0.15, 0.2) is 140 Å². The van der Waals surface area contributed by atoms with Gasteiger partial charge >= 0.3 is 0 Å². The number of fused-ring (bicyclic) bond motifs is 1. The number of hydrogen-bond acceptors (Lipinski definition) is 3. The zero-order chi connectivity index (χ0) is 51.0. The van der Waals surface area contributed by atoms with Crippen LogP contribution < -0.4 is 0 Å². The molecule has 0 unspecified atom stereocenters. The smallest absolute Gasteiger partial charge is 0.149 e. The Morgan fingerprint density at radius 1 is 0.545 bits per heavy atom. The Kier molecular flexibility index (Phi) is 10.7. The summed E-state index contributed by atoms with van der Waals surface area (Å²) in [6.07, 6.45) is 2.62. The Hall–Kier alpha value is -6.26. The van der Waals surface area contributed by atoms with Crippen LogP contribution in [0, 0.1) is 5.92 Å². The summed E-state index contributed by atoms with van der Waals surface area (Å²) in [4.78, 5) is 10.5. The van der Waals surface area contributed by atoms with Crippen LogP contribution in [-0.4, -0.2) is 19.6 Å². The highest BCUT2D eigenvalue weighted by Gasteiger charge is 2.30. The van der Waals surface area contributed by atoms with E-state index in [1.54, 1.807) is 12.3 Å². The number of aromatic nitrogens is 3. The Bertz CT molecular complexity index is 3270. The minimum Gasteiger partial charge on any atom is -0.507 e. The first-order chi connectivity index (χ1) is 32.6. The molecule has 0 radical (unpaired) electrons. The van der Waals surface area contributed by atoms with E-state index in [4.69, 9.17) is 15.5 Å². The maximum absolute atomic E-state index is 12.6. The minimum absolute atomic E-state index is 0.0266. The topological polar surface area (TPSA) is 50.9 Å². The number of para-hydroxylation sites is 1. The molecule has 0 aliphatic heterocycles. The third kappa shape index (κ3) is 9.38. The number of pyridine rings is 1. The first-order valence-corrected chi connectivity index (χ1v) is 23.5. The molecule has 8 aromatic rings. The number of aromatic hydroxyl groups is 1. The number of nitrogens with zero attached hydrogens (tertiary/aromatic N) is 3. The fraction of sp³-hybridized carbons (Fsp3) is 0.323. The van der Waals surface area contributed by atoms with Gasteiger partial charge in [-0.3, -0.25) is 9.55 Å². The number of hydrogen-bond donors (Lipinski definition) is 1. The van der Waals surface area contributed by atoms with Crippen molar-refractivity contribution < 1.29 is 10.6 Å². The molecule has 4 heteroatoms. The molecule has 0 aliphatic carbocycles. The molecule has 0 saturated heterocycles. The lowest BCUT2D eigenvalue weighted by atomic mass is 9.79. The normalized spacial score (nSPS) is 13.5. The van der Waals surface area contributed by atoms with Crippen molar-refractivity contribution in [3.63, 3.8) is 0 Å². The van der Waals surface area contributed by atoms with Crippen LogP contribution >= 0.6 is 0 Å². The van der Waals surface area contributed by atoms with Crippen LogP contribution in [0.5, 0.6) is 5.75 Å². The van der Waals surface area contributed by atoms with Crippen molar-refractivity contribution in [2.45, 2.75) is 125 Å². The SMILES string of the molecule is [2H]c1c([2H])c(C(C)(C)C)c([2H])c([2H])c1-c1ccnc(-c2cc(-c3cccc4c3nc(-c3cc(C(C)(C)C)cc(C(C)(C)C)c3O)n4-c3ccc(CC(C)C)cc3-c3ccccc3)cc(C(C)(C)C)c2)c1. The average molecular weight is 876 g/mol. The maximum Gasteiger partial charge on any atom is 0.149 e. The third-order valence-electron chi connectivity index (χ3n) is 12.6. The van der Waals surface area contributed by atoms with Gasteiger partial charge in [0.15, 0.2) is 0 Å². The molecule has 0 bridgehead atoms. The van der Waals surface area contributed by atoms with Crippen molar-refractivity contribution in [3.8, 4) is 67.5 Å². The molecule has 1 N–H and O–H groups in total. The number of rotatable bonds is 8. The van der Waals surface area contributed by atoms with Gasteiger partial charge in [-0.05, 0) is 127 Å². The van der Waals surface area contributed by atoms with Crippen LogP contribution in [0.1, 0.15) is 130 Å². The lowest BCUT2D eigenvalue weighted by Gasteiger charge is -2.27. The van der Waals surface area contributed by atoms with E-state index in [0.717, 1.165) is 67.6 Å². The number of phenolic OH excluding ortho intramolecular Hbond substituents is 1. The van der Waals surface area contributed by atoms with Gasteiger partial charge in [0.1, 0.15) is 11.6 Å². The molecule has 0 aliphatic rings. The van der Waals surface area contributed by atoms with Gasteiger partial charge in [-0.15, -0.1) is 0 Å². The third-order valence-corrected chi connectivity index (χ3v) is 12.6. The molecule has 0 saturated carbocycles. The second-order valence-corrected chi connectivity index (χ2v) is 22.7. The van der Waals surface area contributed by atoms with Crippen LogP contribution in [0.2, 0.25) is 0 Å². The monoisotopic (exact) mass is 876 g/mol. The molecule has 0 amide bonds. The van der Waals surface area contributed by atoms with Gasteiger partial charge in [-0.2, -0.15) is 0 Å². The Morgan fingerprint density at radius 3 is 1.83 bits per heavy atom. The fourth-order valence-electron chi connectivity index (χ4n) is 8.73. The molecular formula is C62H69N3O. The largest absolute Gasteiger partial charge is 0.507 e. The summed E-state index contributed by atoms with van der Waals surface area (Å²) in [7, 11) is 0. The van der Waals surface area contributed by atoms with Crippen LogP contribution in [0.25, 0.3) is 72.7 Å². The van der Waals surface area contributed by atoms with Gasteiger partial charge in [0.25, 0.3) is 0 Å². The van der Waals surface area contributed by atoms with E-state index in [9.17, 15) is 5.11 Å². The zero-order valence-electron chi connectivity index (χ0n) is 45.5. The maximum atomic E-state index is 12.6. The summed E-state index contributed by atoms with van der Waals surface area (Å²) < 4.78 is 38.4. The molecule has 2 heterocycles. The highest BCUT2D eigenvalue weighted by atomic mass is 16.3. The summed E-state index contributed by atoms with van der Waals surface area (Å²) in [5, 5.41) is 12.6. The molecule has 6 aromatic carbocycles. The molecule has 4 nitrogen and oxygen atoms in total. The van der Waals surface area contributed by atoms with Gasteiger partial charge in [-0.25, -0.2) is 4.98 Å². The Labute approximate surface area is 400 Å². The van der Waals surface area contributed by atoms with Crippen molar-refractivity contribution >= 4 is 11.0 Å². The van der Waals surface area contributed by atoms with Gasteiger partial charge in [-0.1, -0.05) is 182 Å². The zero-order valence-corrected chi connectivity index (χ0v) is 41.5. The standard InChI is InChI=1S/C62H69N3O/c1-39(2)31-40-23-28-54(50(32-40)42-19-16-15-17-20-42)65-55-22-18-21-49(56(55)64-58(65)51-37-48(61(9,10)11)38-52(57(51)66)62(12,13)14)44-33-45(35-47(34-44)60(6,7)8)53-36-43(29-30-63-53)41-24-26-46(27-25-41)59(3,4)5/h15-30,32-39,66H,31H2,1-14H3/i24D,25D,26D,27D. The van der Waals surface area contributed by atoms with Crippen LogP contribution in [-0.2, 0) is 28.1 Å². The van der Waals surface area contributed by atoms with Crippen molar-refractivity contribution in [1.82, 2.24) is 14.5 Å². The Balaban J connectivity index is 1.43. The second kappa shape index (κ2) is 17.2. The first-order valence-electron chi connectivity index (χ1n) is 25.5. The second-order valence-electron chi connectivity index (χ2n) is 22.7. The predicted octanol–water partition coefficient (Wildman–Crippen LogP) is 16.8. The van der Waals surface area contributed by atoms with E-state index in [1.807, 2.05) is 32.9 Å². The summed E-state index contributed by atoms with van der Waals surface area (Å²) in [5.74, 6) is 1.33. The van der Waals surface area contributed by atoms with E-state index in [2.05, 4.69) is 172 Å². The molecule has 0 fully saturated rings. The Morgan fingerprint density at radius 2 is 1.20 bits per heavy atom. The number of imidazole rings is 1. The molecular weight excluding hydrogens is 803 g/mol. The van der Waals surface area contributed by atoms with Crippen molar-refractivity contribution in [2.75, 3.05) is 0 Å². The molecule has 66 heavy (non-hydrogen) atoms. The van der Waals surface area contributed by atoms with E-state index >= 15 is 0 Å². The molecule has 8 rings (SSSR count). The summed E-state index contributed by atoms with van der Waals surface area (Å²) in [5.41, 5.74) is 12.9. The average Bonchev–Trinajstić information content (AvgIpc) is 3.66. The lowest BCUT2D eigenvalue weighted by molar-refractivity contribution is 0.446. The van der Waals surface area contributed by atoms with Crippen molar-refractivity contribution in [1.29, 1.82) is 0 Å². The van der Waals surface area contributed by atoms with Gasteiger partial charge in [0.05, 0.1) is 33.5 Å². The molecule has 338 valence electrons. The van der Waals surface area contributed by atoms with Crippen LogP contribution in [0.3, 0.4) is 0 Å². The van der Waals surface area contributed by atoms with E-state index in [1.165, 1.54) is 5.56 Å². The predicted molar refractivity (Wildman–Crippen MR) is 281 cm³/mol. The quantitative estimate of drug-likeness (QED) is 0.165. The summed E-state index contributed by atoms with van der Waals surface area (Å²) >= 11 is 0. The van der Waals surface area contributed by atoms with Gasteiger partial charge < -0.3 is 5.11 Å². The molecule has 0 spiro atoms. The van der Waals surface area contributed by atoms with Crippen LogP contribution in [0.4, 0.5) is 0 Å². The van der Waals surface area contributed by atoms with Crippen molar-refractivity contribution in [3.05, 3.63) is 167 Å². The highest BCUT2D eigenvalue weighted by Crippen LogP contribution is 2.46. The fourth-order valence-corrected chi connectivity index (χ4v) is 8.73. The highest BCUT2D eigenvalue weighted by molar-refractivity contribution is 5.98. The lowest BCUT2D eigenvalue weighted by Crippen LogP contribution is -2.17. The van der Waals surface area contributed by atoms with Gasteiger partial charge in [0, 0.05) is 28.5 Å². The summed E-state index contributed by atoms with van der Waals surface area (Å²) in [6.45, 7) is 29.9. The molecule has 0 atom stereocenters. The summed E-state index contributed by atoms with van der Waals surface area (Å²) in [6, 6.07) is 37.9. The van der Waals surface area contributed by atoms with Crippen molar-refractivity contribution in [2.24, 2.45) is 5.92 Å². The minimum atomic E-state index is -0.570. The van der Waals surface area contributed by atoms with E-state index in [-0.39, 0.29) is 51.7 Å². The van der Waals surface area contributed by atoms with Gasteiger partial charge in [0.2, 0.25) is 0 Å². The van der Waals surface area contributed by atoms with E-state index in [0.29, 0.717) is 34.1 Å². The first kappa shape index (κ1) is 41.2. The number of benzene rings is 6. The number of phenols is 1. The molecule has 2 aromatic heterocycles.